The Balaban J connectivity index is 1.40. The van der Waals surface area contributed by atoms with Crippen LogP contribution in [0, 0.1) is 5.92 Å². The van der Waals surface area contributed by atoms with Crippen molar-refractivity contribution < 1.29 is 19.4 Å². The predicted molar refractivity (Wildman–Crippen MR) is 147 cm³/mol. The molecule has 37 heavy (non-hydrogen) atoms. The Morgan fingerprint density at radius 1 is 0.892 bits per heavy atom. The van der Waals surface area contributed by atoms with Crippen molar-refractivity contribution in [3.8, 4) is 5.75 Å². The van der Waals surface area contributed by atoms with Crippen molar-refractivity contribution in [3.63, 3.8) is 0 Å². The molecular formula is C32H35NO4. The second kappa shape index (κ2) is 11.9. The van der Waals surface area contributed by atoms with E-state index in [4.69, 9.17) is 9.84 Å². The monoisotopic (exact) mass is 497 g/mol. The minimum Gasteiger partial charge on any atom is -0.486 e. The summed E-state index contributed by atoms with van der Waals surface area (Å²) >= 11 is 0. The molecule has 0 aliphatic carbocycles. The van der Waals surface area contributed by atoms with Crippen LogP contribution in [0.2, 0.25) is 0 Å². The maximum atomic E-state index is 13.2. The van der Waals surface area contributed by atoms with Gasteiger partial charge >= 0.3 is 5.97 Å². The van der Waals surface area contributed by atoms with Gasteiger partial charge in [-0.15, -0.1) is 0 Å². The highest BCUT2D eigenvalue weighted by atomic mass is 16.5. The lowest BCUT2D eigenvalue weighted by Gasteiger charge is -2.16. The molecule has 5 heteroatoms. The molecule has 0 aliphatic heterocycles. The fourth-order valence-corrected chi connectivity index (χ4v) is 4.69. The Morgan fingerprint density at radius 2 is 1.57 bits per heavy atom. The lowest BCUT2D eigenvalue weighted by molar-refractivity contribution is -0.137. The zero-order chi connectivity index (χ0) is 26.4. The Hall–Kier alpha value is -3.86. The SMILES string of the molecule is CC(C)Cc1ccc([C@@H](C)Oc2ccc(CC(=O)c3cn(CCCC(=O)O)c4ccccc34)cc2)cc1. The van der Waals surface area contributed by atoms with Crippen LogP contribution in [0.25, 0.3) is 10.9 Å². The van der Waals surface area contributed by atoms with Gasteiger partial charge in [0, 0.05) is 42.0 Å². The van der Waals surface area contributed by atoms with Gasteiger partial charge in [0.2, 0.25) is 0 Å². The van der Waals surface area contributed by atoms with Gasteiger partial charge in [-0.3, -0.25) is 9.59 Å². The summed E-state index contributed by atoms with van der Waals surface area (Å²) in [5.74, 6) is 0.628. The number of para-hydroxylation sites is 1. The fraction of sp³-hybridized carbons (Fsp3) is 0.312. The number of nitrogens with zero attached hydrogens (tertiary/aromatic N) is 1. The Morgan fingerprint density at radius 3 is 2.24 bits per heavy atom. The smallest absolute Gasteiger partial charge is 0.303 e. The topological polar surface area (TPSA) is 68.5 Å². The number of aryl methyl sites for hydroxylation is 1. The van der Waals surface area contributed by atoms with E-state index in [2.05, 4.69) is 38.1 Å². The van der Waals surface area contributed by atoms with Crippen molar-refractivity contribution in [1.29, 1.82) is 0 Å². The van der Waals surface area contributed by atoms with Gasteiger partial charge in [0.15, 0.2) is 5.78 Å². The minimum absolute atomic E-state index is 0.0386. The number of aliphatic carboxylic acids is 1. The van der Waals surface area contributed by atoms with Crippen molar-refractivity contribution >= 4 is 22.7 Å². The van der Waals surface area contributed by atoms with Crippen molar-refractivity contribution in [2.75, 3.05) is 0 Å². The van der Waals surface area contributed by atoms with Crippen LogP contribution in [-0.2, 0) is 24.2 Å². The molecule has 192 valence electrons. The normalized spacial score (nSPS) is 12.1. The van der Waals surface area contributed by atoms with E-state index < -0.39 is 5.97 Å². The van der Waals surface area contributed by atoms with E-state index in [1.54, 1.807) is 0 Å². The second-order valence-electron chi connectivity index (χ2n) is 10.1. The molecule has 3 aromatic carbocycles. The van der Waals surface area contributed by atoms with E-state index in [0.717, 1.165) is 34.2 Å². The summed E-state index contributed by atoms with van der Waals surface area (Å²) in [6.45, 7) is 7.05. The number of carbonyl (C=O) groups is 2. The molecule has 0 radical (unpaired) electrons. The first-order chi connectivity index (χ1) is 17.8. The predicted octanol–water partition coefficient (Wildman–Crippen LogP) is 7.27. The maximum absolute atomic E-state index is 13.2. The standard InChI is InChI=1S/C32H35NO4/c1-22(2)19-24-10-14-26(15-11-24)23(3)37-27-16-12-25(13-17-27)20-31(34)29-21-33(18-6-9-32(35)36)30-8-5-4-7-28(29)30/h4-5,7-8,10-17,21-23H,6,9,18-20H2,1-3H3,(H,35,36)/t23-/m1/s1. The average Bonchev–Trinajstić information content (AvgIpc) is 3.24. The first-order valence-electron chi connectivity index (χ1n) is 13.0. The lowest BCUT2D eigenvalue weighted by Crippen LogP contribution is -2.05. The van der Waals surface area contributed by atoms with Gasteiger partial charge in [0.25, 0.3) is 0 Å². The van der Waals surface area contributed by atoms with Gasteiger partial charge in [-0.05, 0) is 60.6 Å². The number of Topliss-reactive ketones (excluding diaryl/α,β-unsaturated/α-hetero) is 1. The summed E-state index contributed by atoms with van der Waals surface area (Å²) in [6, 6.07) is 24.1. The zero-order valence-electron chi connectivity index (χ0n) is 21.8. The van der Waals surface area contributed by atoms with Crippen LogP contribution in [0.4, 0.5) is 0 Å². The average molecular weight is 498 g/mol. The van der Waals surface area contributed by atoms with Crippen LogP contribution >= 0.6 is 0 Å². The molecule has 0 spiro atoms. The van der Waals surface area contributed by atoms with Crippen LogP contribution in [0.5, 0.6) is 5.75 Å². The first kappa shape index (κ1) is 26.2. The summed E-state index contributed by atoms with van der Waals surface area (Å²) in [5.41, 5.74) is 5.01. The Kier molecular flexibility index (Phi) is 8.44. The van der Waals surface area contributed by atoms with E-state index in [1.807, 2.05) is 66.2 Å². The highest BCUT2D eigenvalue weighted by Gasteiger charge is 2.16. The van der Waals surface area contributed by atoms with E-state index in [-0.39, 0.29) is 24.7 Å². The summed E-state index contributed by atoms with van der Waals surface area (Å²) < 4.78 is 8.14. The van der Waals surface area contributed by atoms with E-state index in [9.17, 15) is 9.59 Å². The van der Waals surface area contributed by atoms with Gasteiger partial charge < -0.3 is 14.4 Å². The highest BCUT2D eigenvalue weighted by Crippen LogP contribution is 2.26. The molecule has 0 unspecified atom stereocenters. The number of hydrogen-bond acceptors (Lipinski definition) is 3. The van der Waals surface area contributed by atoms with E-state index in [1.165, 1.54) is 5.56 Å². The largest absolute Gasteiger partial charge is 0.486 e. The third-order valence-corrected chi connectivity index (χ3v) is 6.57. The van der Waals surface area contributed by atoms with Crippen molar-refractivity contribution in [3.05, 3.63) is 101 Å². The number of carbonyl (C=O) groups excluding carboxylic acids is 1. The van der Waals surface area contributed by atoms with Crippen LogP contribution in [0.3, 0.4) is 0 Å². The van der Waals surface area contributed by atoms with Crippen molar-refractivity contribution in [2.24, 2.45) is 5.92 Å². The number of benzene rings is 3. The van der Waals surface area contributed by atoms with Crippen LogP contribution in [0.1, 0.15) is 66.8 Å². The first-order valence-corrected chi connectivity index (χ1v) is 13.0. The zero-order valence-corrected chi connectivity index (χ0v) is 21.8. The van der Waals surface area contributed by atoms with E-state index in [0.29, 0.717) is 24.4 Å². The molecule has 0 bridgehead atoms. The molecule has 0 fully saturated rings. The number of hydrogen-bond donors (Lipinski definition) is 1. The third kappa shape index (κ3) is 6.88. The lowest BCUT2D eigenvalue weighted by atomic mass is 10.0. The summed E-state index contributed by atoms with van der Waals surface area (Å²) in [6.07, 6.45) is 3.76. The number of carboxylic acids is 1. The van der Waals surface area contributed by atoms with Gasteiger partial charge in [-0.1, -0.05) is 68.4 Å². The van der Waals surface area contributed by atoms with Gasteiger partial charge in [0.1, 0.15) is 11.9 Å². The van der Waals surface area contributed by atoms with E-state index >= 15 is 0 Å². The summed E-state index contributed by atoms with van der Waals surface area (Å²) in [5, 5.41) is 9.85. The van der Waals surface area contributed by atoms with Crippen molar-refractivity contribution in [2.45, 2.75) is 59.1 Å². The molecule has 4 rings (SSSR count). The Bertz CT molecular complexity index is 1350. The number of carboxylic acid groups (broad SMARTS) is 1. The van der Waals surface area contributed by atoms with Gasteiger partial charge in [0.05, 0.1) is 0 Å². The molecule has 1 atom stereocenters. The van der Waals surface area contributed by atoms with Crippen LogP contribution in [-0.4, -0.2) is 21.4 Å². The van der Waals surface area contributed by atoms with Gasteiger partial charge in [-0.2, -0.15) is 0 Å². The second-order valence-corrected chi connectivity index (χ2v) is 10.1. The molecule has 0 amide bonds. The number of ketones is 1. The summed E-state index contributed by atoms with van der Waals surface area (Å²) in [7, 11) is 0. The molecule has 1 N–H and O–H groups in total. The highest BCUT2D eigenvalue weighted by molar-refractivity contribution is 6.08. The molecule has 1 aromatic heterocycles. The molecular weight excluding hydrogens is 462 g/mol. The number of fused-ring (bicyclic) bond motifs is 1. The quantitative estimate of drug-likeness (QED) is 0.209. The fourth-order valence-electron chi connectivity index (χ4n) is 4.69. The molecule has 0 saturated heterocycles. The summed E-state index contributed by atoms with van der Waals surface area (Å²) in [4.78, 5) is 24.1. The third-order valence-electron chi connectivity index (χ3n) is 6.57. The maximum Gasteiger partial charge on any atom is 0.303 e. The Labute approximate surface area is 218 Å². The van der Waals surface area contributed by atoms with Crippen molar-refractivity contribution in [1.82, 2.24) is 4.57 Å². The minimum atomic E-state index is -0.811. The van der Waals surface area contributed by atoms with Crippen LogP contribution in [0.15, 0.2) is 79.0 Å². The molecule has 1 heterocycles. The molecule has 0 aliphatic rings. The molecule has 5 nitrogen and oxygen atoms in total. The van der Waals surface area contributed by atoms with Crippen LogP contribution < -0.4 is 4.74 Å². The number of ether oxygens (including phenoxy) is 1. The number of aromatic nitrogens is 1. The number of rotatable bonds is 12. The molecule has 0 saturated carbocycles. The molecule has 4 aromatic rings. The van der Waals surface area contributed by atoms with Gasteiger partial charge in [-0.25, -0.2) is 0 Å².